The van der Waals surface area contributed by atoms with Gasteiger partial charge in [-0.15, -0.1) is 6.58 Å². The molecule has 2 atom stereocenters. The Morgan fingerprint density at radius 3 is 3.20 bits per heavy atom. The van der Waals surface area contributed by atoms with E-state index in [1.807, 2.05) is 18.2 Å². The third-order valence-corrected chi connectivity index (χ3v) is 3.50. The van der Waals surface area contributed by atoms with Gasteiger partial charge in [0.15, 0.2) is 6.10 Å². The molecule has 20 heavy (non-hydrogen) atoms. The molecule has 0 saturated carbocycles. The lowest BCUT2D eigenvalue weighted by Gasteiger charge is -2.22. The fourth-order valence-corrected chi connectivity index (χ4v) is 2.40. The molecule has 1 amide bonds. The zero-order valence-electron chi connectivity index (χ0n) is 11.8. The molecule has 0 radical (unpaired) electrons. The summed E-state index contributed by atoms with van der Waals surface area (Å²) in [5.74, 6) is 0.439. The molecule has 0 aliphatic heterocycles. The largest absolute Gasteiger partial charge is 0.481 e. The Balaban J connectivity index is 2.04. The van der Waals surface area contributed by atoms with Gasteiger partial charge in [0, 0.05) is 6.54 Å². The predicted octanol–water partition coefficient (Wildman–Crippen LogP) is 2.13. The lowest BCUT2D eigenvalue weighted by atomic mass is 9.89. The summed E-state index contributed by atoms with van der Waals surface area (Å²) >= 11 is 0. The van der Waals surface area contributed by atoms with Crippen molar-refractivity contribution < 1.29 is 14.6 Å². The molecule has 1 aromatic carbocycles. The first-order valence-electron chi connectivity index (χ1n) is 6.98. The van der Waals surface area contributed by atoms with E-state index in [0.29, 0.717) is 12.3 Å². The molecule has 1 aliphatic rings. The molecule has 4 nitrogen and oxygen atoms in total. The maximum absolute atomic E-state index is 11.7. The summed E-state index contributed by atoms with van der Waals surface area (Å²) in [6.45, 7) is 5.68. The third-order valence-electron chi connectivity index (χ3n) is 3.50. The quantitative estimate of drug-likeness (QED) is 0.809. The number of fused-ring (bicyclic) bond motifs is 1. The van der Waals surface area contributed by atoms with Crippen molar-refractivity contribution in [2.75, 3.05) is 6.54 Å². The SMILES string of the molecule is C=CCNC(=O)C(C)Oc1ccc2c(c1)C(O)CCC2. The average molecular weight is 275 g/mol. The van der Waals surface area contributed by atoms with Crippen molar-refractivity contribution in [1.29, 1.82) is 0 Å². The Morgan fingerprint density at radius 1 is 1.65 bits per heavy atom. The maximum Gasteiger partial charge on any atom is 0.261 e. The molecule has 108 valence electrons. The third kappa shape index (κ3) is 3.39. The van der Waals surface area contributed by atoms with Gasteiger partial charge in [-0.05, 0) is 49.4 Å². The van der Waals surface area contributed by atoms with Crippen molar-refractivity contribution in [2.45, 2.75) is 38.4 Å². The minimum absolute atomic E-state index is 0.178. The molecule has 2 rings (SSSR count). The van der Waals surface area contributed by atoms with Crippen LogP contribution in [0.1, 0.15) is 37.0 Å². The van der Waals surface area contributed by atoms with Gasteiger partial charge >= 0.3 is 0 Å². The second-order valence-electron chi connectivity index (χ2n) is 5.06. The standard InChI is InChI=1S/C16H21NO3/c1-3-9-17-16(19)11(2)20-13-8-7-12-5-4-6-15(18)14(12)10-13/h3,7-8,10-11,15,18H,1,4-6,9H2,2H3,(H,17,19). The van der Waals surface area contributed by atoms with Gasteiger partial charge in [-0.1, -0.05) is 12.1 Å². The van der Waals surface area contributed by atoms with Crippen LogP contribution in [0.15, 0.2) is 30.9 Å². The highest BCUT2D eigenvalue weighted by molar-refractivity contribution is 5.80. The van der Waals surface area contributed by atoms with E-state index < -0.39 is 12.2 Å². The fraction of sp³-hybridized carbons (Fsp3) is 0.438. The molecule has 0 saturated heterocycles. The van der Waals surface area contributed by atoms with Gasteiger partial charge in [0.25, 0.3) is 5.91 Å². The molecule has 0 aromatic heterocycles. The summed E-state index contributed by atoms with van der Waals surface area (Å²) in [4.78, 5) is 11.7. The Hall–Kier alpha value is -1.81. The highest BCUT2D eigenvalue weighted by atomic mass is 16.5. The fourth-order valence-electron chi connectivity index (χ4n) is 2.40. The topological polar surface area (TPSA) is 58.6 Å². The Morgan fingerprint density at radius 2 is 2.45 bits per heavy atom. The van der Waals surface area contributed by atoms with E-state index in [0.717, 1.165) is 24.8 Å². The lowest BCUT2D eigenvalue weighted by Crippen LogP contribution is -2.36. The summed E-state index contributed by atoms with van der Waals surface area (Å²) in [6.07, 6.45) is 3.41. The van der Waals surface area contributed by atoms with E-state index in [1.165, 1.54) is 5.56 Å². The minimum Gasteiger partial charge on any atom is -0.481 e. The molecule has 0 heterocycles. The van der Waals surface area contributed by atoms with Gasteiger partial charge in [-0.3, -0.25) is 4.79 Å². The first kappa shape index (κ1) is 14.6. The predicted molar refractivity (Wildman–Crippen MR) is 77.6 cm³/mol. The number of rotatable bonds is 5. The number of aryl methyl sites for hydroxylation is 1. The normalized spacial score (nSPS) is 18.8. The van der Waals surface area contributed by atoms with E-state index in [-0.39, 0.29) is 5.91 Å². The first-order valence-corrected chi connectivity index (χ1v) is 6.98. The van der Waals surface area contributed by atoms with Gasteiger partial charge < -0.3 is 15.2 Å². The number of aliphatic hydroxyl groups excluding tert-OH is 1. The van der Waals surface area contributed by atoms with Crippen LogP contribution in [0.25, 0.3) is 0 Å². The number of nitrogens with one attached hydrogen (secondary N) is 1. The molecule has 2 unspecified atom stereocenters. The Labute approximate surface area is 119 Å². The van der Waals surface area contributed by atoms with Gasteiger partial charge in [0.2, 0.25) is 0 Å². The van der Waals surface area contributed by atoms with E-state index in [9.17, 15) is 9.90 Å². The van der Waals surface area contributed by atoms with Gasteiger partial charge in [0.05, 0.1) is 6.10 Å². The smallest absolute Gasteiger partial charge is 0.261 e. The Kier molecular flexibility index (Phi) is 4.79. The van der Waals surface area contributed by atoms with Crippen LogP contribution in [0.5, 0.6) is 5.75 Å². The van der Waals surface area contributed by atoms with Crippen LogP contribution in [-0.4, -0.2) is 23.7 Å². The molecule has 0 bridgehead atoms. The molecule has 1 aliphatic carbocycles. The van der Waals surface area contributed by atoms with Crippen molar-refractivity contribution in [2.24, 2.45) is 0 Å². The zero-order chi connectivity index (χ0) is 14.5. The van der Waals surface area contributed by atoms with E-state index >= 15 is 0 Å². The molecule has 0 fully saturated rings. The molecule has 4 heteroatoms. The van der Waals surface area contributed by atoms with E-state index in [2.05, 4.69) is 11.9 Å². The van der Waals surface area contributed by atoms with Gasteiger partial charge in [-0.25, -0.2) is 0 Å². The molecular formula is C16H21NO3. The summed E-state index contributed by atoms with van der Waals surface area (Å²) in [7, 11) is 0. The van der Waals surface area contributed by atoms with Crippen LogP contribution in [0.4, 0.5) is 0 Å². The number of carbonyl (C=O) groups excluding carboxylic acids is 1. The van der Waals surface area contributed by atoms with Crippen molar-refractivity contribution >= 4 is 5.91 Å². The lowest BCUT2D eigenvalue weighted by molar-refractivity contribution is -0.127. The number of amides is 1. The second-order valence-corrected chi connectivity index (χ2v) is 5.06. The maximum atomic E-state index is 11.7. The van der Waals surface area contributed by atoms with Crippen molar-refractivity contribution in [3.8, 4) is 5.75 Å². The van der Waals surface area contributed by atoms with Gasteiger partial charge in [-0.2, -0.15) is 0 Å². The highest BCUT2D eigenvalue weighted by Crippen LogP contribution is 2.32. The van der Waals surface area contributed by atoms with Crippen LogP contribution in [0.3, 0.4) is 0 Å². The number of aliphatic hydroxyl groups is 1. The monoisotopic (exact) mass is 275 g/mol. The molecular weight excluding hydrogens is 254 g/mol. The van der Waals surface area contributed by atoms with Crippen molar-refractivity contribution in [1.82, 2.24) is 5.32 Å². The first-order chi connectivity index (χ1) is 9.61. The number of hydrogen-bond acceptors (Lipinski definition) is 3. The molecule has 0 spiro atoms. The Bertz CT molecular complexity index is 498. The van der Waals surface area contributed by atoms with Crippen LogP contribution in [-0.2, 0) is 11.2 Å². The van der Waals surface area contributed by atoms with Crippen LogP contribution in [0, 0.1) is 0 Å². The summed E-state index contributed by atoms with van der Waals surface area (Å²) in [6, 6.07) is 5.67. The van der Waals surface area contributed by atoms with Crippen LogP contribution >= 0.6 is 0 Å². The average Bonchev–Trinajstić information content (AvgIpc) is 2.45. The zero-order valence-corrected chi connectivity index (χ0v) is 11.8. The molecule has 1 aromatic rings. The summed E-state index contributed by atoms with van der Waals surface area (Å²) in [5.41, 5.74) is 2.09. The number of hydrogen-bond donors (Lipinski definition) is 2. The second kappa shape index (κ2) is 6.57. The minimum atomic E-state index is -0.575. The van der Waals surface area contributed by atoms with E-state index in [1.54, 1.807) is 13.0 Å². The van der Waals surface area contributed by atoms with Gasteiger partial charge in [0.1, 0.15) is 5.75 Å². The molecule has 2 N–H and O–H groups in total. The van der Waals surface area contributed by atoms with Crippen LogP contribution < -0.4 is 10.1 Å². The number of carbonyl (C=O) groups is 1. The van der Waals surface area contributed by atoms with Crippen LogP contribution in [0.2, 0.25) is 0 Å². The number of ether oxygens (including phenoxy) is 1. The summed E-state index contributed by atoms with van der Waals surface area (Å²) < 4.78 is 5.63. The highest BCUT2D eigenvalue weighted by Gasteiger charge is 2.20. The van der Waals surface area contributed by atoms with Crippen molar-refractivity contribution in [3.05, 3.63) is 42.0 Å². The summed E-state index contributed by atoms with van der Waals surface area (Å²) in [5, 5.41) is 12.7. The van der Waals surface area contributed by atoms with Crippen molar-refractivity contribution in [3.63, 3.8) is 0 Å². The number of benzene rings is 1. The van der Waals surface area contributed by atoms with E-state index in [4.69, 9.17) is 4.74 Å².